The van der Waals surface area contributed by atoms with Gasteiger partial charge in [0.05, 0.1) is 17.6 Å². The lowest BCUT2D eigenvalue weighted by molar-refractivity contribution is -0.116. The molecule has 0 radical (unpaired) electrons. The van der Waals surface area contributed by atoms with Crippen LogP contribution in [0.4, 0.5) is 5.69 Å². The van der Waals surface area contributed by atoms with Gasteiger partial charge in [-0.1, -0.05) is 12.1 Å². The van der Waals surface area contributed by atoms with E-state index >= 15 is 0 Å². The summed E-state index contributed by atoms with van der Waals surface area (Å²) >= 11 is 1.57. The minimum atomic E-state index is -0.352. The maximum Gasteiger partial charge on any atom is 0.161 e. The molecule has 0 saturated carbocycles. The van der Waals surface area contributed by atoms with Crippen LogP contribution < -0.4 is 10.6 Å². The summed E-state index contributed by atoms with van der Waals surface area (Å²) in [5.41, 5.74) is 11.6. The van der Waals surface area contributed by atoms with E-state index in [1.807, 2.05) is 52.9 Å². The Bertz CT molecular complexity index is 979. The molecular weight excluding hydrogens is 342 g/mol. The Morgan fingerprint density at radius 3 is 2.85 bits per heavy atom. The average Bonchev–Trinajstić information content (AvgIpc) is 3.15. The highest BCUT2D eigenvalue weighted by molar-refractivity contribution is 7.08. The molecule has 1 aromatic carbocycles. The van der Waals surface area contributed by atoms with E-state index in [1.165, 1.54) is 0 Å². The molecule has 2 aliphatic rings. The number of Topliss-reactive ketones (excluding diaryl/α,β-unsaturated/α-hetero) is 1. The number of rotatable bonds is 2. The molecule has 2 N–H and O–H groups in total. The smallest absolute Gasteiger partial charge is 0.161 e. The molecule has 0 unspecified atom stereocenters. The van der Waals surface area contributed by atoms with Crippen LogP contribution in [-0.2, 0) is 4.79 Å². The molecule has 2 aromatic rings. The Kier molecular flexibility index (Phi) is 4.14. The van der Waals surface area contributed by atoms with Crippen molar-refractivity contribution in [2.24, 2.45) is 5.73 Å². The van der Waals surface area contributed by atoms with Gasteiger partial charge in [-0.25, -0.2) is 0 Å². The minimum absolute atomic E-state index is 0.125. The van der Waals surface area contributed by atoms with Gasteiger partial charge in [-0.3, -0.25) is 9.69 Å². The van der Waals surface area contributed by atoms with Crippen molar-refractivity contribution in [3.63, 3.8) is 0 Å². The normalized spacial score (nSPS) is 20.2. The van der Waals surface area contributed by atoms with Crippen LogP contribution in [0.2, 0.25) is 0 Å². The monoisotopic (exact) mass is 361 g/mol. The van der Waals surface area contributed by atoms with E-state index < -0.39 is 0 Å². The van der Waals surface area contributed by atoms with Crippen LogP contribution in [0, 0.1) is 18.3 Å². The molecule has 4 rings (SSSR count). The van der Waals surface area contributed by atoms with Crippen molar-refractivity contribution in [1.29, 1.82) is 5.26 Å². The number of ketones is 1. The van der Waals surface area contributed by atoms with Crippen LogP contribution in [0.5, 0.6) is 0 Å². The van der Waals surface area contributed by atoms with E-state index in [0.717, 1.165) is 40.9 Å². The summed E-state index contributed by atoms with van der Waals surface area (Å²) in [7, 11) is 0. The lowest BCUT2D eigenvalue weighted by atomic mass is 9.76. The van der Waals surface area contributed by atoms with Crippen LogP contribution >= 0.6 is 11.3 Å². The lowest BCUT2D eigenvalue weighted by Gasteiger charge is -2.39. The summed E-state index contributed by atoms with van der Waals surface area (Å²) in [6, 6.07) is 12.3. The largest absolute Gasteiger partial charge is 0.384 e. The van der Waals surface area contributed by atoms with Gasteiger partial charge in [0.15, 0.2) is 5.78 Å². The highest BCUT2D eigenvalue weighted by Crippen LogP contribution is 2.46. The number of nitrogens with zero attached hydrogens (tertiary/aromatic N) is 2. The number of anilines is 1. The van der Waals surface area contributed by atoms with Crippen molar-refractivity contribution in [2.75, 3.05) is 4.90 Å². The van der Waals surface area contributed by atoms with Gasteiger partial charge >= 0.3 is 0 Å². The van der Waals surface area contributed by atoms with Crippen molar-refractivity contribution in [1.82, 2.24) is 0 Å². The van der Waals surface area contributed by atoms with Crippen molar-refractivity contribution < 1.29 is 4.79 Å². The van der Waals surface area contributed by atoms with Crippen LogP contribution in [0.1, 0.15) is 36.3 Å². The van der Waals surface area contributed by atoms with Gasteiger partial charge in [0.2, 0.25) is 0 Å². The zero-order valence-corrected chi connectivity index (χ0v) is 15.3. The molecular formula is C21H19N3OS. The predicted molar refractivity (Wildman–Crippen MR) is 103 cm³/mol. The van der Waals surface area contributed by atoms with E-state index in [-0.39, 0.29) is 11.7 Å². The molecule has 1 aromatic heterocycles. The van der Waals surface area contributed by atoms with Gasteiger partial charge in [-0.05, 0) is 59.9 Å². The van der Waals surface area contributed by atoms with E-state index in [4.69, 9.17) is 5.73 Å². The second-order valence-electron chi connectivity index (χ2n) is 6.71. The quantitative estimate of drug-likeness (QED) is 0.863. The fourth-order valence-corrected chi connectivity index (χ4v) is 4.61. The van der Waals surface area contributed by atoms with Crippen molar-refractivity contribution in [3.8, 4) is 6.07 Å². The molecule has 2 heterocycles. The summed E-state index contributed by atoms with van der Waals surface area (Å²) in [5, 5.41) is 13.9. The first-order valence-corrected chi connectivity index (χ1v) is 9.61. The summed E-state index contributed by atoms with van der Waals surface area (Å²) in [6.45, 7) is 2.02. The van der Waals surface area contributed by atoms with E-state index in [1.54, 1.807) is 11.3 Å². The summed E-state index contributed by atoms with van der Waals surface area (Å²) in [6.07, 6.45) is 2.13. The molecule has 5 heteroatoms. The van der Waals surface area contributed by atoms with Crippen molar-refractivity contribution in [3.05, 3.63) is 74.9 Å². The fraction of sp³-hybridized carbons (Fsp3) is 0.238. The lowest BCUT2D eigenvalue weighted by Crippen LogP contribution is -2.38. The van der Waals surface area contributed by atoms with Crippen LogP contribution in [0.3, 0.4) is 0 Å². The van der Waals surface area contributed by atoms with Gasteiger partial charge < -0.3 is 5.73 Å². The number of nitrogens with two attached hydrogens (primary N) is 1. The van der Waals surface area contributed by atoms with Crippen LogP contribution in [0.25, 0.3) is 0 Å². The van der Waals surface area contributed by atoms with Gasteiger partial charge in [-0.15, -0.1) is 0 Å². The number of benzene rings is 1. The summed E-state index contributed by atoms with van der Waals surface area (Å²) < 4.78 is 0. The molecule has 0 amide bonds. The van der Waals surface area contributed by atoms with Gasteiger partial charge in [0, 0.05) is 23.4 Å². The Balaban J connectivity index is 1.98. The second kappa shape index (κ2) is 6.47. The van der Waals surface area contributed by atoms with E-state index in [9.17, 15) is 10.1 Å². The van der Waals surface area contributed by atoms with Crippen molar-refractivity contribution in [2.45, 2.75) is 32.1 Å². The second-order valence-corrected chi connectivity index (χ2v) is 7.49. The zero-order chi connectivity index (χ0) is 18.3. The van der Waals surface area contributed by atoms with E-state index in [0.29, 0.717) is 17.8 Å². The number of hydrogen-bond acceptors (Lipinski definition) is 5. The molecule has 4 nitrogen and oxygen atoms in total. The standard InChI is InChI=1S/C21H19N3OS/c1-13-4-2-5-15(10-13)24-17-6-3-7-18(25)20(17)19(14-8-9-26-12-14)16(11-22)21(24)23/h2,4-5,8-10,12,19H,3,6-7,23H2,1H3/t19-/m0/s1. The minimum Gasteiger partial charge on any atom is -0.384 e. The molecule has 130 valence electrons. The number of carbonyl (C=O) groups excluding carboxylic acids is 1. The molecule has 0 spiro atoms. The highest BCUT2D eigenvalue weighted by Gasteiger charge is 2.40. The number of nitriles is 1. The van der Waals surface area contributed by atoms with Gasteiger partial charge in [0.25, 0.3) is 0 Å². The molecule has 1 aliphatic heterocycles. The van der Waals surface area contributed by atoms with E-state index in [2.05, 4.69) is 6.07 Å². The summed E-state index contributed by atoms with van der Waals surface area (Å²) in [5.74, 6) is 0.207. The zero-order valence-electron chi connectivity index (χ0n) is 14.5. The Hall–Kier alpha value is -2.84. The first kappa shape index (κ1) is 16.6. The molecule has 1 aliphatic carbocycles. The third-order valence-electron chi connectivity index (χ3n) is 5.05. The average molecular weight is 361 g/mol. The predicted octanol–water partition coefficient (Wildman–Crippen LogP) is 4.36. The Morgan fingerprint density at radius 2 is 2.15 bits per heavy atom. The maximum absolute atomic E-state index is 12.9. The number of carbonyl (C=O) groups is 1. The molecule has 0 saturated heterocycles. The first-order chi connectivity index (χ1) is 12.6. The van der Waals surface area contributed by atoms with Gasteiger partial charge in [-0.2, -0.15) is 16.6 Å². The molecule has 1 atom stereocenters. The third kappa shape index (κ3) is 2.54. The van der Waals surface area contributed by atoms with Crippen LogP contribution in [0.15, 0.2) is 63.8 Å². The topological polar surface area (TPSA) is 70.1 Å². The fourth-order valence-electron chi connectivity index (χ4n) is 3.92. The Morgan fingerprint density at radius 1 is 1.31 bits per heavy atom. The summed E-state index contributed by atoms with van der Waals surface area (Å²) in [4.78, 5) is 14.8. The maximum atomic E-state index is 12.9. The first-order valence-electron chi connectivity index (χ1n) is 8.66. The number of allylic oxidation sites excluding steroid dienone is 3. The molecule has 0 fully saturated rings. The number of hydrogen-bond donors (Lipinski definition) is 1. The molecule has 0 bridgehead atoms. The Labute approximate surface area is 156 Å². The van der Waals surface area contributed by atoms with Crippen molar-refractivity contribution >= 4 is 22.8 Å². The highest BCUT2D eigenvalue weighted by atomic mass is 32.1. The number of thiophene rings is 1. The van der Waals surface area contributed by atoms with Crippen LogP contribution in [-0.4, -0.2) is 5.78 Å². The number of aryl methyl sites for hydroxylation is 1. The van der Waals surface area contributed by atoms with Gasteiger partial charge in [0.1, 0.15) is 5.82 Å². The third-order valence-corrected chi connectivity index (χ3v) is 5.75. The molecule has 26 heavy (non-hydrogen) atoms. The SMILES string of the molecule is Cc1cccc(N2C(N)=C(C#N)[C@H](c3ccsc3)C3=C2CCCC3=O)c1.